The highest BCUT2D eigenvalue weighted by Crippen LogP contribution is 2.33. The zero-order valence-electron chi connectivity index (χ0n) is 10.1. The fourth-order valence-electron chi connectivity index (χ4n) is 2.04. The first-order valence-electron chi connectivity index (χ1n) is 5.84. The molecule has 1 unspecified atom stereocenters. The van der Waals surface area contributed by atoms with Crippen LogP contribution < -0.4 is 4.90 Å². The highest BCUT2D eigenvalue weighted by molar-refractivity contribution is 6.30. The van der Waals surface area contributed by atoms with Gasteiger partial charge in [-0.05, 0) is 18.1 Å². The van der Waals surface area contributed by atoms with Gasteiger partial charge in [0.05, 0.1) is 0 Å². The average molecular weight is 250 g/mol. The van der Waals surface area contributed by atoms with Crippen LogP contribution in [0, 0.1) is 11.8 Å². The molecule has 1 aromatic rings. The van der Waals surface area contributed by atoms with E-state index in [2.05, 4.69) is 13.8 Å². The van der Waals surface area contributed by atoms with Crippen LogP contribution >= 0.6 is 11.6 Å². The Balaban J connectivity index is 2.30. The number of halogens is 1. The standard InChI is InChI=1S/C14H16ClNO/c1-10(2)12-8-14(17)16(9-13(12)15)11-6-4-3-5-7-11/h3-7,9-10,12H,8H2,1-2H3. The summed E-state index contributed by atoms with van der Waals surface area (Å²) in [6.07, 6.45) is 2.25. The van der Waals surface area contributed by atoms with Gasteiger partial charge < -0.3 is 0 Å². The average Bonchev–Trinajstić information content (AvgIpc) is 2.32. The first-order valence-corrected chi connectivity index (χ1v) is 6.21. The van der Waals surface area contributed by atoms with E-state index in [-0.39, 0.29) is 11.8 Å². The van der Waals surface area contributed by atoms with E-state index in [1.54, 1.807) is 11.1 Å². The van der Waals surface area contributed by atoms with Crippen molar-refractivity contribution in [1.29, 1.82) is 0 Å². The van der Waals surface area contributed by atoms with E-state index in [0.29, 0.717) is 12.3 Å². The Bertz CT molecular complexity index is 439. The van der Waals surface area contributed by atoms with Crippen molar-refractivity contribution in [3.63, 3.8) is 0 Å². The first-order chi connectivity index (χ1) is 8.09. The van der Waals surface area contributed by atoms with E-state index in [9.17, 15) is 4.79 Å². The third kappa shape index (κ3) is 2.52. The number of carbonyl (C=O) groups excluding carboxylic acids is 1. The molecule has 1 aromatic carbocycles. The van der Waals surface area contributed by atoms with E-state index in [1.807, 2.05) is 30.3 Å². The fraction of sp³-hybridized carbons (Fsp3) is 0.357. The summed E-state index contributed by atoms with van der Waals surface area (Å²) in [7, 11) is 0. The van der Waals surface area contributed by atoms with Crippen molar-refractivity contribution in [2.45, 2.75) is 20.3 Å². The number of para-hydroxylation sites is 1. The van der Waals surface area contributed by atoms with Crippen LogP contribution in [0.4, 0.5) is 5.69 Å². The number of hydrogen-bond donors (Lipinski definition) is 0. The van der Waals surface area contributed by atoms with E-state index in [1.165, 1.54) is 0 Å². The number of nitrogens with zero attached hydrogens (tertiary/aromatic N) is 1. The van der Waals surface area contributed by atoms with Crippen molar-refractivity contribution in [2.24, 2.45) is 11.8 Å². The maximum absolute atomic E-state index is 12.1. The summed E-state index contributed by atoms with van der Waals surface area (Å²) in [6, 6.07) is 9.58. The molecule has 1 heterocycles. The van der Waals surface area contributed by atoms with E-state index in [0.717, 1.165) is 10.7 Å². The minimum absolute atomic E-state index is 0.110. The van der Waals surface area contributed by atoms with Crippen molar-refractivity contribution in [3.05, 3.63) is 41.6 Å². The van der Waals surface area contributed by atoms with Gasteiger partial charge in [-0.3, -0.25) is 9.69 Å². The largest absolute Gasteiger partial charge is 0.287 e. The van der Waals surface area contributed by atoms with Gasteiger partial charge in [-0.2, -0.15) is 0 Å². The summed E-state index contributed by atoms with van der Waals surface area (Å²) in [6.45, 7) is 4.18. The van der Waals surface area contributed by atoms with Gasteiger partial charge in [0, 0.05) is 29.3 Å². The molecule has 1 atom stereocenters. The Morgan fingerprint density at radius 1 is 1.29 bits per heavy atom. The molecule has 1 aliphatic heterocycles. The molecule has 1 amide bonds. The molecular formula is C14H16ClNO. The summed E-state index contributed by atoms with van der Waals surface area (Å²) in [5, 5.41) is 0.767. The molecule has 0 aromatic heterocycles. The molecule has 17 heavy (non-hydrogen) atoms. The monoisotopic (exact) mass is 249 g/mol. The van der Waals surface area contributed by atoms with Crippen molar-refractivity contribution < 1.29 is 4.79 Å². The summed E-state index contributed by atoms with van der Waals surface area (Å²) >= 11 is 6.25. The number of rotatable bonds is 2. The van der Waals surface area contributed by atoms with Crippen molar-refractivity contribution >= 4 is 23.2 Å². The first kappa shape index (κ1) is 12.2. The molecule has 0 radical (unpaired) electrons. The number of benzene rings is 1. The Morgan fingerprint density at radius 3 is 2.53 bits per heavy atom. The van der Waals surface area contributed by atoms with E-state index >= 15 is 0 Å². The van der Waals surface area contributed by atoms with Crippen LogP contribution in [-0.4, -0.2) is 5.91 Å². The Labute approximate surface area is 107 Å². The maximum atomic E-state index is 12.1. The van der Waals surface area contributed by atoms with Crippen LogP contribution in [0.5, 0.6) is 0 Å². The van der Waals surface area contributed by atoms with Crippen LogP contribution in [0.1, 0.15) is 20.3 Å². The quantitative estimate of drug-likeness (QED) is 0.781. The number of hydrogen-bond acceptors (Lipinski definition) is 1. The summed E-state index contributed by atoms with van der Waals surface area (Å²) in [4.78, 5) is 13.7. The highest BCUT2D eigenvalue weighted by Gasteiger charge is 2.29. The second-order valence-electron chi connectivity index (χ2n) is 4.67. The molecule has 1 aliphatic rings. The molecule has 0 spiro atoms. The van der Waals surface area contributed by atoms with Gasteiger partial charge in [-0.1, -0.05) is 43.6 Å². The van der Waals surface area contributed by atoms with Crippen molar-refractivity contribution in [1.82, 2.24) is 0 Å². The molecule has 3 heteroatoms. The number of amides is 1. The van der Waals surface area contributed by atoms with Crippen LogP contribution in [0.3, 0.4) is 0 Å². The van der Waals surface area contributed by atoms with Crippen LogP contribution in [-0.2, 0) is 4.79 Å². The molecule has 0 N–H and O–H groups in total. The van der Waals surface area contributed by atoms with Gasteiger partial charge in [0.1, 0.15) is 0 Å². The van der Waals surface area contributed by atoms with E-state index < -0.39 is 0 Å². The molecular weight excluding hydrogens is 234 g/mol. The number of anilines is 1. The summed E-state index contributed by atoms with van der Waals surface area (Å²) in [5.41, 5.74) is 0.873. The maximum Gasteiger partial charge on any atom is 0.231 e. The third-order valence-corrected chi connectivity index (χ3v) is 3.49. The Kier molecular flexibility index (Phi) is 3.53. The van der Waals surface area contributed by atoms with Crippen molar-refractivity contribution in [3.8, 4) is 0 Å². The molecule has 0 fully saturated rings. The van der Waals surface area contributed by atoms with Gasteiger partial charge in [-0.15, -0.1) is 0 Å². The molecule has 0 saturated heterocycles. The zero-order chi connectivity index (χ0) is 12.4. The Morgan fingerprint density at radius 2 is 1.94 bits per heavy atom. The normalized spacial score (nSPS) is 20.7. The molecule has 0 bridgehead atoms. The predicted octanol–water partition coefficient (Wildman–Crippen LogP) is 3.78. The second-order valence-corrected chi connectivity index (χ2v) is 5.10. The molecule has 0 saturated carbocycles. The molecule has 90 valence electrons. The SMILES string of the molecule is CC(C)C1CC(=O)N(c2ccccc2)C=C1Cl. The van der Waals surface area contributed by atoms with Gasteiger partial charge in [0.2, 0.25) is 5.91 Å². The minimum atomic E-state index is 0.110. The topological polar surface area (TPSA) is 20.3 Å². The lowest BCUT2D eigenvalue weighted by Gasteiger charge is -2.30. The van der Waals surface area contributed by atoms with Crippen molar-refractivity contribution in [2.75, 3.05) is 4.90 Å². The second kappa shape index (κ2) is 4.92. The predicted molar refractivity (Wildman–Crippen MR) is 70.8 cm³/mol. The molecule has 2 rings (SSSR count). The molecule has 0 aliphatic carbocycles. The van der Waals surface area contributed by atoms with Gasteiger partial charge in [0.25, 0.3) is 0 Å². The van der Waals surface area contributed by atoms with Crippen LogP contribution in [0.25, 0.3) is 0 Å². The third-order valence-electron chi connectivity index (χ3n) is 3.11. The lowest BCUT2D eigenvalue weighted by Crippen LogP contribution is -2.33. The summed E-state index contributed by atoms with van der Waals surface area (Å²) in [5.74, 6) is 0.657. The van der Waals surface area contributed by atoms with E-state index in [4.69, 9.17) is 11.6 Å². The fourth-order valence-corrected chi connectivity index (χ4v) is 2.46. The smallest absolute Gasteiger partial charge is 0.231 e. The Hall–Kier alpha value is -1.28. The van der Waals surface area contributed by atoms with Gasteiger partial charge in [-0.25, -0.2) is 0 Å². The zero-order valence-corrected chi connectivity index (χ0v) is 10.8. The van der Waals surface area contributed by atoms with Crippen LogP contribution in [0.2, 0.25) is 0 Å². The van der Waals surface area contributed by atoms with Crippen LogP contribution in [0.15, 0.2) is 41.6 Å². The summed E-state index contributed by atoms with van der Waals surface area (Å²) < 4.78 is 0. The molecule has 2 nitrogen and oxygen atoms in total. The highest BCUT2D eigenvalue weighted by atomic mass is 35.5. The lowest BCUT2D eigenvalue weighted by atomic mass is 9.89. The number of allylic oxidation sites excluding steroid dienone is 1. The number of carbonyl (C=O) groups is 1. The lowest BCUT2D eigenvalue weighted by molar-refractivity contribution is -0.119. The minimum Gasteiger partial charge on any atom is -0.287 e. The van der Waals surface area contributed by atoms with Gasteiger partial charge >= 0.3 is 0 Å². The van der Waals surface area contributed by atoms with Gasteiger partial charge in [0.15, 0.2) is 0 Å².